The number of alkyl halides is 2. The van der Waals surface area contributed by atoms with Crippen molar-refractivity contribution < 1.29 is 18.3 Å². The molecule has 2 heterocycles. The van der Waals surface area contributed by atoms with Gasteiger partial charge in [-0.05, 0) is 31.2 Å². The van der Waals surface area contributed by atoms with E-state index in [1.54, 1.807) is 37.3 Å². The maximum absolute atomic E-state index is 12.6. The topological polar surface area (TPSA) is 60.7 Å². The fourth-order valence-electron chi connectivity index (χ4n) is 2.49. The first-order valence-electron chi connectivity index (χ1n) is 7.65. The van der Waals surface area contributed by atoms with Gasteiger partial charge in [-0.2, -0.15) is 8.78 Å². The Bertz CT molecular complexity index is 1020. The molecule has 0 spiro atoms. The van der Waals surface area contributed by atoms with E-state index in [2.05, 4.69) is 4.98 Å². The highest BCUT2D eigenvalue weighted by Crippen LogP contribution is 2.28. The molecule has 1 aromatic carbocycles. The number of aryl methyl sites for hydroxylation is 1. The number of carbonyl (C=O) groups excluding carboxylic acids is 1. The van der Waals surface area contributed by atoms with Crippen LogP contribution < -0.4 is 5.56 Å². The van der Waals surface area contributed by atoms with Crippen LogP contribution >= 0.6 is 11.8 Å². The van der Waals surface area contributed by atoms with Crippen molar-refractivity contribution in [2.45, 2.75) is 24.2 Å². The second-order valence-corrected chi connectivity index (χ2v) is 6.43. The summed E-state index contributed by atoms with van der Waals surface area (Å²) in [5, 5.41) is 0. The van der Waals surface area contributed by atoms with Gasteiger partial charge in [-0.15, -0.1) is 0 Å². The lowest BCUT2D eigenvalue weighted by Crippen LogP contribution is -2.18. The van der Waals surface area contributed by atoms with E-state index in [-0.39, 0.29) is 40.1 Å². The van der Waals surface area contributed by atoms with Crippen molar-refractivity contribution in [2.24, 2.45) is 0 Å². The zero-order valence-electron chi connectivity index (χ0n) is 13.7. The number of thioether (sulfide) groups is 1. The van der Waals surface area contributed by atoms with Gasteiger partial charge in [0, 0.05) is 16.7 Å². The molecule has 3 aromatic rings. The molecule has 0 unspecified atom stereocenters. The number of hydrogen-bond acceptors (Lipinski definition) is 5. The minimum atomic E-state index is -2.64. The van der Waals surface area contributed by atoms with E-state index in [1.807, 2.05) is 0 Å². The van der Waals surface area contributed by atoms with Gasteiger partial charge in [-0.1, -0.05) is 30.0 Å². The summed E-state index contributed by atoms with van der Waals surface area (Å²) < 4.78 is 31.8. The summed E-state index contributed by atoms with van der Waals surface area (Å²) in [5.41, 5.74) is 1.23. The number of benzene rings is 1. The largest absolute Gasteiger partial charge is 0.456 e. The molecule has 0 aliphatic carbocycles. The predicted octanol–water partition coefficient (Wildman–Crippen LogP) is 3.67. The number of hydrogen-bond donors (Lipinski definition) is 0. The van der Waals surface area contributed by atoms with E-state index in [0.717, 1.165) is 5.69 Å². The third-order valence-electron chi connectivity index (χ3n) is 3.61. The lowest BCUT2D eigenvalue weighted by molar-refractivity contribution is 0.0463. The van der Waals surface area contributed by atoms with Crippen molar-refractivity contribution >= 4 is 23.4 Å². The number of aromatic nitrogens is 2. The number of nitrogens with zero attached hydrogens (tertiary/aromatic N) is 2. The second kappa shape index (κ2) is 7.65. The van der Waals surface area contributed by atoms with E-state index < -0.39 is 11.7 Å². The molecule has 2 aromatic heterocycles. The fourth-order valence-corrected chi connectivity index (χ4v) is 3.12. The van der Waals surface area contributed by atoms with Crippen LogP contribution in [0.4, 0.5) is 8.78 Å². The standard InChI is InChI=1S/C18H14F2N2O3S/c1-11-5-4-8-15-21-12(9-16(23)22(11)15)10-25-17(24)13-6-2-3-7-14(13)26-18(19)20/h2-9,18H,10H2,1H3. The average molecular weight is 376 g/mol. The van der Waals surface area contributed by atoms with Crippen molar-refractivity contribution in [3.05, 3.63) is 75.8 Å². The number of rotatable bonds is 5. The Morgan fingerprint density at radius 1 is 1.23 bits per heavy atom. The second-order valence-electron chi connectivity index (χ2n) is 5.40. The van der Waals surface area contributed by atoms with Crippen LogP contribution in [0.15, 0.2) is 58.2 Å². The third kappa shape index (κ3) is 3.91. The van der Waals surface area contributed by atoms with Crippen LogP contribution in [0.25, 0.3) is 5.65 Å². The van der Waals surface area contributed by atoms with E-state index >= 15 is 0 Å². The van der Waals surface area contributed by atoms with Crippen LogP contribution in [0.2, 0.25) is 0 Å². The SMILES string of the molecule is Cc1cccc2nc(COC(=O)c3ccccc3SC(F)F)cc(=O)n12. The number of pyridine rings is 1. The number of esters is 1. The van der Waals surface area contributed by atoms with Crippen molar-refractivity contribution in [1.82, 2.24) is 9.38 Å². The third-order valence-corrected chi connectivity index (χ3v) is 4.40. The summed E-state index contributed by atoms with van der Waals surface area (Å²) in [5.74, 6) is -3.39. The van der Waals surface area contributed by atoms with E-state index in [1.165, 1.54) is 22.6 Å². The quantitative estimate of drug-likeness (QED) is 0.502. The van der Waals surface area contributed by atoms with Crippen molar-refractivity contribution in [1.29, 1.82) is 0 Å². The van der Waals surface area contributed by atoms with Crippen molar-refractivity contribution in [3.63, 3.8) is 0 Å². The first-order chi connectivity index (χ1) is 12.5. The van der Waals surface area contributed by atoms with Crippen LogP contribution in [0.1, 0.15) is 21.7 Å². The Balaban J connectivity index is 1.81. The lowest BCUT2D eigenvalue weighted by Gasteiger charge is -2.10. The molecule has 3 rings (SSSR count). The van der Waals surface area contributed by atoms with Gasteiger partial charge < -0.3 is 4.74 Å². The number of halogens is 2. The Labute approximate surface area is 151 Å². The molecule has 0 aliphatic rings. The van der Waals surface area contributed by atoms with Crippen LogP contribution in [-0.2, 0) is 11.3 Å². The highest BCUT2D eigenvalue weighted by atomic mass is 32.2. The monoisotopic (exact) mass is 376 g/mol. The highest BCUT2D eigenvalue weighted by Gasteiger charge is 2.17. The lowest BCUT2D eigenvalue weighted by atomic mass is 10.2. The molecule has 134 valence electrons. The zero-order valence-corrected chi connectivity index (χ0v) is 14.5. The number of fused-ring (bicyclic) bond motifs is 1. The van der Waals surface area contributed by atoms with Gasteiger partial charge in [0.15, 0.2) is 0 Å². The molecule has 0 saturated heterocycles. The van der Waals surface area contributed by atoms with Crippen LogP contribution in [0.3, 0.4) is 0 Å². The summed E-state index contributed by atoms with van der Waals surface area (Å²) in [6, 6.07) is 12.5. The zero-order chi connectivity index (χ0) is 18.7. The molecular formula is C18H14F2N2O3S. The molecule has 26 heavy (non-hydrogen) atoms. The van der Waals surface area contributed by atoms with Crippen molar-refractivity contribution in [3.8, 4) is 0 Å². The normalized spacial score (nSPS) is 11.1. The van der Waals surface area contributed by atoms with Crippen molar-refractivity contribution in [2.75, 3.05) is 0 Å². The summed E-state index contributed by atoms with van der Waals surface area (Å²) >= 11 is 0.278. The smallest absolute Gasteiger partial charge is 0.339 e. The van der Waals surface area contributed by atoms with Gasteiger partial charge >= 0.3 is 5.97 Å². The van der Waals surface area contributed by atoms with Gasteiger partial charge in [-0.3, -0.25) is 9.20 Å². The molecule has 0 saturated carbocycles. The first kappa shape index (κ1) is 18.1. The summed E-state index contributed by atoms with van der Waals surface area (Å²) in [4.78, 5) is 28.9. The molecular weight excluding hydrogens is 362 g/mol. The number of carbonyl (C=O) groups is 1. The molecule has 5 nitrogen and oxygen atoms in total. The fraction of sp³-hybridized carbons (Fsp3) is 0.167. The van der Waals surface area contributed by atoms with Gasteiger partial charge in [0.2, 0.25) is 0 Å². The minimum absolute atomic E-state index is 0.0474. The molecule has 0 radical (unpaired) electrons. The van der Waals surface area contributed by atoms with Gasteiger partial charge in [-0.25, -0.2) is 9.78 Å². The number of ether oxygens (including phenoxy) is 1. The van der Waals surface area contributed by atoms with Crippen LogP contribution in [-0.4, -0.2) is 21.1 Å². The van der Waals surface area contributed by atoms with Crippen LogP contribution in [0.5, 0.6) is 0 Å². The van der Waals surface area contributed by atoms with Crippen LogP contribution in [0, 0.1) is 6.92 Å². The molecule has 0 aliphatic heterocycles. The molecule has 0 N–H and O–H groups in total. The average Bonchev–Trinajstić information content (AvgIpc) is 2.59. The van der Waals surface area contributed by atoms with Gasteiger partial charge in [0.25, 0.3) is 11.3 Å². The molecule has 0 bridgehead atoms. The Kier molecular flexibility index (Phi) is 5.32. The maximum atomic E-state index is 12.6. The Morgan fingerprint density at radius 2 is 2.00 bits per heavy atom. The van der Waals surface area contributed by atoms with E-state index in [0.29, 0.717) is 5.65 Å². The minimum Gasteiger partial charge on any atom is -0.456 e. The summed E-state index contributed by atoms with van der Waals surface area (Å²) in [6.07, 6.45) is 0. The highest BCUT2D eigenvalue weighted by molar-refractivity contribution is 7.99. The predicted molar refractivity (Wildman–Crippen MR) is 93.6 cm³/mol. The summed E-state index contributed by atoms with van der Waals surface area (Å²) in [6.45, 7) is 1.56. The van der Waals surface area contributed by atoms with E-state index in [4.69, 9.17) is 4.74 Å². The van der Waals surface area contributed by atoms with Gasteiger partial charge in [0.1, 0.15) is 12.3 Å². The Hall–Kier alpha value is -2.74. The van der Waals surface area contributed by atoms with E-state index in [9.17, 15) is 18.4 Å². The summed E-state index contributed by atoms with van der Waals surface area (Å²) in [7, 11) is 0. The van der Waals surface area contributed by atoms with Gasteiger partial charge in [0.05, 0.1) is 11.3 Å². The maximum Gasteiger partial charge on any atom is 0.339 e. The molecule has 0 fully saturated rings. The molecule has 0 atom stereocenters. The Morgan fingerprint density at radius 3 is 2.77 bits per heavy atom. The first-order valence-corrected chi connectivity index (χ1v) is 8.53. The molecule has 0 amide bonds. The molecule has 8 heteroatoms.